The summed E-state index contributed by atoms with van der Waals surface area (Å²) in [5, 5.41) is 2.98. The summed E-state index contributed by atoms with van der Waals surface area (Å²) in [6, 6.07) is 10.3. The Morgan fingerprint density at radius 2 is 1.74 bits per heavy atom. The maximum atomic E-state index is 12.3. The van der Waals surface area contributed by atoms with Gasteiger partial charge in [0.2, 0.25) is 15.9 Å². The normalized spacial score (nSPS) is 11.0. The molecule has 0 saturated carbocycles. The van der Waals surface area contributed by atoms with Gasteiger partial charge in [0.15, 0.2) is 0 Å². The summed E-state index contributed by atoms with van der Waals surface area (Å²) in [6.45, 7) is -0.502. The molecule has 0 saturated heterocycles. The second kappa shape index (κ2) is 8.60. The number of nitrogens with zero attached hydrogens (tertiary/aromatic N) is 1. The van der Waals surface area contributed by atoms with E-state index in [-0.39, 0.29) is 15.7 Å². The van der Waals surface area contributed by atoms with E-state index in [0.29, 0.717) is 11.3 Å². The van der Waals surface area contributed by atoms with Crippen molar-refractivity contribution in [3.63, 3.8) is 0 Å². The molecule has 0 fully saturated rings. The van der Waals surface area contributed by atoms with Crippen molar-refractivity contribution < 1.29 is 22.7 Å². The van der Waals surface area contributed by atoms with Crippen molar-refractivity contribution in [3.8, 4) is 0 Å². The first-order valence-corrected chi connectivity index (χ1v) is 10.1. The molecule has 0 unspecified atom stereocenters. The summed E-state index contributed by atoms with van der Waals surface area (Å²) in [6.07, 6.45) is 0.961. The Morgan fingerprint density at radius 1 is 1.11 bits per heavy atom. The molecule has 0 aromatic heterocycles. The van der Waals surface area contributed by atoms with E-state index in [1.165, 1.54) is 49.6 Å². The van der Waals surface area contributed by atoms with E-state index in [0.717, 1.165) is 10.6 Å². The van der Waals surface area contributed by atoms with Gasteiger partial charge >= 0.3 is 5.97 Å². The Morgan fingerprint density at radius 3 is 2.30 bits per heavy atom. The van der Waals surface area contributed by atoms with Crippen LogP contribution < -0.4 is 9.62 Å². The minimum absolute atomic E-state index is 0.0999. The average Bonchev–Trinajstić information content (AvgIpc) is 2.61. The van der Waals surface area contributed by atoms with Gasteiger partial charge in [0.1, 0.15) is 6.54 Å². The van der Waals surface area contributed by atoms with Crippen LogP contribution in [-0.2, 0) is 19.6 Å². The van der Waals surface area contributed by atoms with Gasteiger partial charge < -0.3 is 10.1 Å². The van der Waals surface area contributed by atoms with Crippen LogP contribution in [0.25, 0.3) is 0 Å². The lowest BCUT2D eigenvalue weighted by Crippen LogP contribution is -2.37. The van der Waals surface area contributed by atoms with Crippen molar-refractivity contribution in [2.75, 3.05) is 29.5 Å². The van der Waals surface area contributed by atoms with E-state index in [2.05, 4.69) is 10.1 Å². The average molecular weight is 431 g/mol. The number of benzene rings is 2. The number of anilines is 2. The third-order valence-corrected chi connectivity index (χ3v) is 5.14. The van der Waals surface area contributed by atoms with Crippen LogP contribution in [0.2, 0.25) is 10.0 Å². The molecule has 2 aromatic carbocycles. The van der Waals surface area contributed by atoms with Gasteiger partial charge in [0.05, 0.1) is 29.6 Å². The van der Waals surface area contributed by atoms with Crippen LogP contribution in [0.1, 0.15) is 10.4 Å². The molecule has 144 valence electrons. The molecule has 1 amide bonds. The second-order valence-electron chi connectivity index (χ2n) is 5.48. The van der Waals surface area contributed by atoms with Gasteiger partial charge in [0, 0.05) is 10.7 Å². The lowest BCUT2D eigenvalue weighted by Gasteiger charge is -2.23. The third-order valence-electron chi connectivity index (χ3n) is 3.45. The van der Waals surface area contributed by atoms with Crippen molar-refractivity contribution in [3.05, 3.63) is 58.1 Å². The van der Waals surface area contributed by atoms with Crippen molar-refractivity contribution >= 4 is 56.5 Å². The Bertz CT molecular complexity index is 962. The fourth-order valence-corrected chi connectivity index (χ4v) is 3.49. The summed E-state index contributed by atoms with van der Waals surface area (Å²) in [5.74, 6) is -1.10. The van der Waals surface area contributed by atoms with Gasteiger partial charge in [-0.1, -0.05) is 23.2 Å². The molecule has 2 rings (SSSR count). The topological polar surface area (TPSA) is 92.8 Å². The van der Waals surface area contributed by atoms with Crippen LogP contribution in [0.15, 0.2) is 42.5 Å². The Balaban J connectivity index is 2.20. The second-order valence-corrected chi connectivity index (χ2v) is 8.23. The van der Waals surface area contributed by atoms with Gasteiger partial charge in [-0.3, -0.25) is 9.10 Å². The highest BCUT2D eigenvalue weighted by Gasteiger charge is 2.23. The number of carbonyl (C=O) groups is 2. The lowest BCUT2D eigenvalue weighted by molar-refractivity contribution is -0.114. The maximum absolute atomic E-state index is 12.3. The zero-order valence-corrected chi connectivity index (χ0v) is 16.7. The first kappa shape index (κ1) is 21.0. The number of hydrogen-bond acceptors (Lipinski definition) is 5. The Hall–Kier alpha value is -2.29. The highest BCUT2D eigenvalue weighted by Crippen LogP contribution is 2.30. The van der Waals surface area contributed by atoms with E-state index in [1.807, 2.05) is 0 Å². The number of rotatable bonds is 6. The number of amides is 1. The summed E-state index contributed by atoms with van der Waals surface area (Å²) < 4.78 is 29.7. The Kier molecular flexibility index (Phi) is 6.69. The maximum Gasteiger partial charge on any atom is 0.337 e. The molecule has 7 nitrogen and oxygen atoms in total. The monoisotopic (exact) mass is 430 g/mol. The molecule has 10 heteroatoms. The number of sulfonamides is 1. The predicted octanol–water partition coefficient (Wildman–Crippen LogP) is 3.18. The van der Waals surface area contributed by atoms with Crippen LogP contribution in [0.5, 0.6) is 0 Å². The van der Waals surface area contributed by atoms with Crippen molar-refractivity contribution in [1.82, 2.24) is 0 Å². The fourth-order valence-electron chi connectivity index (χ4n) is 2.20. The molecule has 0 spiro atoms. The molecule has 0 bridgehead atoms. The molecular formula is C17H16Cl2N2O5S. The van der Waals surface area contributed by atoms with Gasteiger partial charge in [-0.05, 0) is 42.5 Å². The summed E-state index contributed by atoms with van der Waals surface area (Å²) >= 11 is 12.0. The van der Waals surface area contributed by atoms with Crippen molar-refractivity contribution in [2.45, 2.75) is 0 Å². The van der Waals surface area contributed by atoms with Crippen molar-refractivity contribution in [2.24, 2.45) is 0 Å². The number of nitrogens with one attached hydrogen (secondary N) is 1. The van der Waals surface area contributed by atoms with Crippen LogP contribution >= 0.6 is 23.2 Å². The van der Waals surface area contributed by atoms with Crippen LogP contribution in [0.3, 0.4) is 0 Å². The third kappa shape index (κ3) is 5.59. The lowest BCUT2D eigenvalue weighted by atomic mass is 10.2. The molecule has 0 heterocycles. The number of hydrogen-bond donors (Lipinski definition) is 1. The largest absolute Gasteiger partial charge is 0.465 e. The predicted molar refractivity (Wildman–Crippen MR) is 105 cm³/mol. The van der Waals surface area contributed by atoms with Crippen molar-refractivity contribution in [1.29, 1.82) is 0 Å². The molecular weight excluding hydrogens is 415 g/mol. The van der Waals surface area contributed by atoms with E-state index >= 15 is 0 Å². The smallest absolute Gasteiger partial charge is 0.337 e. The summed E-state index contributed by atoms with van der Waals surface area (Å²) in [4.78, 5) is 23.7. The fraction of sp³-hybridized carbons (Fsp3) is 0.176. The molecule has 0 radical (unpaired) electrons. The highest BCUT2D eigenvalue weighted by molar-refractivity contribution is 7.92. The number of carbonyl (C=O) groups excluding carboxylic acids is 2. The number of methoxy groups -OCH3 is 1. The van der Waals surface area contributed by atoms with E-state index in [1.54, 1.807) is 0 Å². The molecule has 0 aliphatic carbocycles. The van der Waals surface area contributed by atoms with Crippen LogP contribution in [0.4, 0.5) is 11.4 Å². The minimum Gasteiger partial charge on any atom is -0.465 e. The van der Waals surface area contributed by atoms with E-state index in [9.17, 15) is 18.0 Å². The molecule has 0 aliphatic rings. The first-order valence-electron chi connectivity index (χ1n) is 7.53. The van der Waals surface area contributed by atoms with Gasteiger partial charge in [-0.25, -0.2) is 13.2 Å². The molecule has 27 heavy (non-hydrogen) atoms. The highest BCUT2D eigenvalue weighted by atomic mass is 35.5. The molecule has 2 aromatic rings. The van der Waals surface area contributed by atoms with Gasteiger partial charge in [-0.15, -0.1) is 0 Å². The zero-order valence-electron chi connectivity index (χ0n) is 14.4. The summed E-state index contributed by atoms with van der Waals surface area (Å²) in [5.41, 5.74) is 0.806. The number of halogens is 2. The first-order chi connectivity index (χ1) is 12.6. The molecule has 1 N–H and O–H groups in total. The number of ether oxygens (including phenoxy) is 1. The van der Waals surface area contributed by atoms with Gasteiger partial charge in [0.25, 0.3) is 0 Å². The minimum atomic E-state index is -3.80. The Labute approximate surface area is 166 Å². The van der Waals surface area contributed by atoms with E-state index < -0.39 is 28.4 Å². The van der Waals surface area contributed by atoms with Gasteiger partial charge in [-0.2, -0.15) is 0 Å². The quantitative estimate of drug-likeness (QED) is 0.710. The molecule has 0 aliphatic heterocycles. The SMILES string of the molecule is COC(=O)c1ccc(NC(=O)CN(c2cc(Cl)ccc2Cl)S(C)(=O)=O)cc1. The van der Waals surface area contributed by atoms with E-state index in [4.69, 9.17) is 23.2 Å². The van der Waals surface area contributed by atoms with Crippen LogP contribution in [0, 0.1) is 0 Å². The summed E-state index contributed by atoms with van der Waals surface area (Å²) in [7, 11) is -2.54. The standard InChI is InChI=1S/C17H16Cl2N2O5S/c1-26-17(23)11-3-6-13(7-4-11)20-16(22)10-21(27(2,24)25)15-9-12(18)5-8-14(15)19/h3-9H,10H2,1-2H3,(H,20,22). The number of esters is 1. The van der Waals surface area contributed by atoms with Crippen LogP contribution in [-0.4, -0.2) is 40.2 Å². The zero-order chi connectivity index (χ0) is 20.2. The molecule has 0 atom stereocenters.